The number of carboxylic acid groups (broad SMARTS) is 1. The van der Waals surface area contributed by atoms with Crippen LogP contribution in [-0.2, 0) is 23.0 Å². The Bertz CT molecular complexity index is 869. The molecular weight excluding hydrogens is 330 g/mol. The zero-order chi connectivity index (χ0) is 17.5. The smallest absolute Gasteiger partial charge is 0.335 e. The summed E-state index contributed by atoms with van der Waals surface area (Å²) in [6.45, 7) is 4.06. The lowest BCUT2D eigenvalue weighted by Crippen LogP contribution is -2.39. The van der Waals surface area contributed by atoms with Crippen LogP contribution in [0.4, 0.5) is 0 Å². The number of carbonyl (C=O) groups is 1. The molecule has 0 atom stereocenters. The van der Waals surface area contributed by atoms with Crippen molar-refractivity contribution in [1.29, 1.82) is 0 Å². The number of aromatic nitrogens is 2. The predicted octanol–water partition coefficient (Wildman–Crippen LogP) is 1.87. The molecule has 0 spiro atoms. The number of nitrogens with one attached hydrogen (secondary N) is 1. The molecule has 7 nitrogen and oxygen atoms in total. The number of nitrogens with zero attached hydrogens (tertiary/aromatic N) is 2. The number of hydrogen-bond donors (Lipinski definition) is 2. The van der Waals surface area contributed by atoms with Crippen LogP contribution in [0.3, 0.4) is 0 Å². The molecule has 0 aliphatic carbocycles. The lowest BCUT2D eigenvalue weighted by molar-refractivity contribution is 0.0697. The first kappa shape index (κ1) is 16.7. The van der Waals surface area contributed by atoms with Gasteiger partial charge in [0.1, 0.15) is 5.82 Å². The van der Waals surface area contributed by atoms with E-state index in [9.17, 15) is 13.2 Å². The van der Waals surface area contributed by atoms with Crippen LogP contribution in [-0.4, -0.2) is 45.6 Å². The fraction of sp³-hybridized carbons (Fsp3) is 0.375. The van der Waals surface area contributed by atoms with Gasteiger partial charge in [-0.05, 0) is 26.0 Å². The zero-order valence-corrected chi connectivity index (χ0v) is 14.3. The molecule has 128 valence electrons. The molecule has 0 amide bonds. The highest BCUT2D eigenvalue weighted by Gasteiger charge is 2.30. The number of imidazole rings is 1. The van der Waals surface area contributed by atoms with Crippen molar-refractivity contribution in [3.63, 3.8) is 0 Å². The number of H-pyrrole nitrogens is 1. The van der Waals surface area contributed by atoms with Crippen molar-refractivity contribution in [2.45, 2.75) is 32.1 Å². The van der Waals surface area contributed by atoms with E-state index in [2.05, 4.69) is 9.97 Å². The summed E-state index contributed by atoms with van der Waals surface area (Å²) >= 11 is 0. The van der Waals surface area contributed by atoms with E-state index < -0.39 is 21.2 Å². The van der Waals surface area contributed by atoms with Gasteiger partial charge in [0.2, 0.25) is 10.0 Å². The molecule has 24 heavy (non-hydrogen) atoms. The van der Waals surface area contributed by atoms with E-state index in [1.54, 1.807) is 26.0 Å². The topological polar surface area (TPSA) is 103 Å². The van der Waals surface area contributed by atoms with Crippen molar-refractivity contribution in [3.05, 3.63) is 41.2 Å². The molecule has 0 unspecified atom stereocenters. The Hall–Kier alpha value is -2.19. The number of benzene rings is 1. The van der Waals surface area contributed by atoms with Gasteiger partial charge in [-0.3, -0.25) is 0 Å². The molecule has 1 aromatic carbocycles. The van der Waals surface area contributed by atoms with Gasteiger partial charge in [0.15, 0.2) is 0 Å². The molecule has 1 aliphatic rings. The summed E-state index contributed by atoms with van der Waals surface area (Å²) in [7, 11) is -3.29. The predicted molar refractivity (Wildman–Crippen MR) is 89.2 cm³/mol. The molecular formula is C16H19N3O4S. The van der Waals surface area contributed by atoms with Crippen molar-refractivity contribution in [3.8, 4) is 11.4 Å². The molecule has 8 heteroatoms. The molecule has 0 radical (unpaired) electrons. The zero-order valence-electron chi connectivity index (χ0n) is 13.5. The SMILES string of the molecule is CC(C)S(=O)(=O)N1CCc2nc(-c3ccc(C(=O)O)cc3)[nH]c2C1. The van der Waals surface area contributed by atoms with Gasteiger partial charge in [0.05, 0.1) is 28.7 Å². The average Bonchev–Trinajstić information content (AvgIpc) is 2.97. The highest BCUT2D eigenvalue weighted by molar-refractivity contribution is 7.89. The summed E-state index contributed by atoms with van der Waals surface area (Å²) in [5.41, 5.74) is 2.64. The lowest BCUT2D eigenvalue weighted by Gasteiger charge is -2.27. The van der Waals surface area contributed by atoms with Gasteiger partial charge in [-0.1, -0.05) is 12.1 Å². The van der Waals surface area contributed by atoms with Crippen molar-refractivity contribution < 1.29 is 18.3 Å². The van der Waals surface area contributed by atoms with Gasteiger partial charge in [-0.25, -0.2) is 18.2 Å². The summed E-state index contributed by atoms with van der Waals surface area (Å²) in [6.07, 6.45) is 0.561. The van der Waals surface area contributed by atoms with E-state index in [1.807, 2.05) is 0 Å². The molecule has 3 rings (SSSR count). The van der Waals surface area contributed by atoms with Crippen LogP contribution in [0, 0.1) is 0 Å². The Morgan fingerprint density at radius 2 is 1.96 bits per heavy atom. The number of hydrogen-bond acceptors (Lipinski definition) is 4. The van der Waals surface area contributed by atoms with Crippen molar-refractivity contribution >= 4 is 16.0 Å². The average molecular weight is 349 g/mol. The van der Waals surface area contributed by atoms with Gasteiger partial charge >= 0.3 is 5.97 Å². The number of rotatable bonds is 4. The highest BCUT2D eigenvalue weighted by Crippen LogP contribution is 2.25. The van der Waals surface area contributed by atoms with Crippen LogP contribution in [0.1, 0.15) is 35.6 Å². The second kappa shape index (κ2) is 6.03. The maximum absolute atomic E-state index is 12.3. The molecule has 0 saturated heterocycles. The third-order valence-corrected chi connectivity index (χ3v) is 6.38. The van der Waals surface area contributed by atoms with Crippen molar-refractivity contribution in [2.75, 3.05) is 6.54 Å². The van der Waals surface area contributed by atoms with Crippen LogP contribution in [0.15, 0.2) is 24.3 Å². The molecule has 1 aliphatic heterocycles. The number of sulfonamides is 1. The van der Waals surface area contributed by atoms with Crippen molar-refractivity contribution in [1.82, 2.24) is 14.3 Å². The fourth-order valence-electron chi connectivity index (χ4n) is 2.69. The van der Waals surface area contributed by atoms with E-state index >= 15 is 0 Å². The highest BCUT2D eigenvalue weighted by atomic mass is 32.2. The minimum atomic E-state index is -3.29. The van der Waals surface area contributed by atoms with E-state index in [0.717, 1.165) is 17.0 Å². The minimum absolute atomic E-state index is 0.212. The Morgan fingerprint density at radius 3 is 2.54 bits per heavy atom. The van der Waals surface area contributed by atoms with E-state index in [-0.39, 0.29) is 12.1 Å². The summed E-state index contributed by atoms with van der Waals surface area (Å²) < 4.78 is 26.1. The minimum Gasteiger partial charge on any atom is -0.478 e. The monoisotopic (exact) mass is 349 g/mol. The van der Waals surface area contributed by atoms with E-state index in [0.29, 0.717) is 18.8 Å². The van der Waals surface area contributed by atoms with Crippen LogP contribution >= 0.6 is 0 Å². The van der Waals surface area contributed by atoms with Crippen LogP contribution in [0.2, 0.25) is 0 Å². The third kappa shape index (κ3) is 2.94. The molecule has 0 fully saturated rings. The second-order valence-corrected chi connectivity index (χ2v) is 8.56. The summed E-state index contributed by atoms with van der Waals surface area (Å²) in [5.74, 6) is -0.351. The lowest BCUT2D eigenvalue weighted by atomic mass is 10.1. The largest absolute Gasteiger partial charge is 0.478 e. The maximum Gasteiger partial charge on any atom is 0.335 e. The molecule has 2 heterocycles. The quantitative estimate of drug-likeness (QED) is 0.877. The Balaban J connectivity index is 1.87. The third-order valence-electron chi connectivity index (χ3n) is 4.16. The fourth-order valence-corrected chi connectivity index (χ4v) is 3.94. The summed E-state index contributed by atoms with van der Waals surface area (Å²) in [6, 6.07) is 6.43. The molecule has 2 N–H and O–H groups in total. The van der Waals surface area contributed by atoms with Gasteiger partial charge < -0.3 is 10.1 Å². The maximum atomic E-state index is 12.3. The van der Waals surface area contributed by atoms with Crippen LogP contribution < -0.4 is 0 Å². The summed E-state index contributed by atoms with van der Waals surface area (Å²) in [5, 5.41) is 8.49. The van der Waals surface area contributed by atoms with Gasteiger partial charge in [-0.15, -0.1) is 0 Å². The molecule has 1 aromatic heterocycles. The first-order valence-electron chi connectivity index (χ1n) is 7.69. The van der Waals surface area contributed by atoms with E-state index in [1.165, 1.54) is 16.4 Å². The number of aromatic carboxylic acids is 1. The Labute approximate surface area is 140 Å². The standard InChI is InChI=1S/C16H19N3O4S/c1-10(2)24(22,23)19-8-7-13-14(9-19)18-15(17-13)11-3-5-12(6-4-11)16(20)21/h3-6,10H,7-9H2,1-2H3,(H,17,18)(H,20,21). The van der Waals surface area contributed by atoms with Crippen LogP contribution in [0.5, 0.6) is 0 Å². The van der Waals surface area contributed by atoms with Gasteiger partial charge in [-0.2, -0.15) is 4.31 Å². The first-order chi connectivity index (χ1) is 11.3. The van der Waals surface area contributed by atoms with Gasteiger partial charge in [0, 0.05) is 18.5 Å². The second-order valence-electron chi connectivity index (χ2n) is 6.07. The molecule has 2 aromatic rings. The number of carboxylic acids is 1. The first-order valence-corrected chi connectivity index (χ1v) is 9.20. The molecule has 0 saturated carbocycles. The Kier molecular flexibility index (Phi) is 4.18. The molecule has 0 bridgehead atoms. The van der Waals surface area contributed by atoms with Gasteiger partial charge in [0.25, 0.3) is 0 Å². The van der Waals surface area contributed by atoms with Crippen molar-refractivity contribution in [2.24, 2.45) is 0 Å². The number of fused-ring (bicyclic) bond motifs is 1. The van der Waals surface area contributed by atoms with E-state index in [4.69, 9.17) is 5.11 Å². The number of aromatic amines is 1. The normalized spacial score (nSPS) is 15.5. The summed E-state index contributed by atoms with van der Waals surface area (Å²) in [4.78, 5) is 18.6. The van der Waals surface area contributed by atoms with Crippen LogP contribution in [0.25, 0.3) is 11.4 Å². The Morgan fingerprint density at radius 1 is 1.29 bits per heavy atom.